The van der Waals surface area contributed by atoms with Gasteiger partial charge in [0.15, 0.2) is 10.6 Å². The SMILES string of the molecule is CCOc1ccc(-c2n[nH]c(=S)n2CCC(=O)N(C)CCOc2ccc(C)cc2)cc1. The summed E-state index contributed by atoms with van der Waals surface area (Å²) in [7, 11) is 1.78. The molecule has 0 fully saturated rings. The molecule has 3 rings (SSSR count). The zero-order chi connectivity index (χ0) is 22.2. The second-order valence-corrected chi connectivity index (χ2v) is 7.57. The number of nitrogens with one attached hydrogen (secondary N) is 1. The van der Waals surface area contributed by atoms with Gasteiger partial charge < -0.3 is 14.4 Å². The largest absolute Gasteiger partial charge is 0.494 e. The van der Waals surface area contributed by atoms with E-state index < -0.39 is 0 Å². The Bertz CT molecular complexity index is 1040. The number of H-pyrrole nitrogens is 1. The highest BCUT2D eigenvalue weighted by molar-refractivity contribution is 7.71. The number of aromatic amines is 1. The molecule has 0 radical (unpaired) electrons. The molecule has 0 saturated carbocycles. The molecule has 8 heteroatoms. The quantitative estimate of drug-likeness (QED) is 0.478. The average Bonchev–Trinajstić information content (AvgIpc) is 3.14. The summed E-state index contributed by atoms with van der Waals surface area (Å²) in [6.07, 6.45) is 0.318. The van der Waals surface area contributed by atoms with Gasteiger partial charge in [-0.1, -0.05) is 17.7 Å². The lowest BCUT2D eigenvalue weighted by Gasteiger charge is -2.18. The number of aromatic nitrogens is 3. The van der Waals surface area contributed by atoms with Gasteiger partial charge in [0.25, 0.3) is 0 Å². The predicted molar refractivity (Wildman–Crippen MR) is 123 cm³/mol. The van der Waals surface area contributed by atoms with Gasteiger partial charge in [0.2, 0.25) is 5.91 Å². The van der Waals surface area contributed by atoms with Gasteiger partial charge in [-0.05, 0) is 62.5 Å². The van der Waals surface area contributed by atoms with Crippen molar-refractivity contribution >= 4 is 18.1 Å². The number of hydrogen-bond acceptors (Lipinski definition) is 5. The van der Waals surface area contributed by atoms with Gasteiger partial charge in [-0.2, -0.15) is 5.10 Å². The Balaban J connectivity index is 1.54. The minimum Gasteiger partial charge on any atom is -0.494 e. The number of hydrogen-bond donors (Lipinski definition) is 1. The molecule has 3 aromatic rings. The highest BCUT2D eigenvalue weighted by Gasteiger charge is 2.13. The standard InChI is InChI=1S/C23H28N4O3S/c1-4-29-19-11-7-18(8-12-19)22-24-25-23(31)27(22)14-13-21(28)26(3)15-16-30-20-9-5-17(2)6-10-20/h5-12H,4,13-16H2,1-3H3,(H,25,31). The summed E-state index contributed by atoms with van der Waals surface area (Å²) >= 11 is 5.37. The fourth-order valence-electron chi connectivity index (χ4n) is 3.07. The number of carbonyl (C=O) groups excluding carboxylic acids is 1. The first-order chi connectivity index (χ1) is 15.0. The third-order valence-corrected chi connectivity index (χ3v) is 5.18. The van der Waals surface area contributed by atoms with E-state index >= 15 is 0 Å². The van der Waals surface area contributed by atoms with Crippen LogP contribution in [0.1, 0.15) is 18.9 Å². The summed E-state index contributed by atoms with van der Waals surface area (Å²) in [6.45, 7) is 5.98. The maximum Gasteiger partial charge on any atom is 0.224 e. The fourth-order valence-corrected chi connectivity index (χ4v) is 3.29. The van der Waals surface area contributed by atoms with Gasteiger partial charge in [0.1, 0.15) is 18.1 Å². The molecule has 0 atom stereocenters. The first kappa shape index (κ1) is 22.6. The topological polar surface area (TPSA) is 72.4 Å². The first-order valence-corrected chi connectivity index (χ1v) is 10.7. The van der Waals surface area contributed by atoms with Crippen LogP contribution in [0.25, 0.3) is 11.4 Å². The van der Waals surface area contributed by atoms with E-state index in [9.17, 15) is 4.79 Å². The number of rotatable bonds is 10. The molecular weight excluding hydrogens is 412 g/mol. The minimum absolute atomic E-state index is 0.0215. The second-order valence-electron chi connectivity index (χ2n) is 7.19. The number of amides is 1. The zero-order valence-electron chi connectivity index (χ0n) is 18.1. The normalized spacial score (nSPS) is 10.7. The van der Waals surface area contributed by atoms with Crippen LogP contribution in [0.5, 0.6) is 11.5 Å². The summed E-state index contributed by atoms with van der Waals surface area (Å²) in [5, 5.41) is 7.16. The third-order valence-electron chi connectivity index (χ3n) is 4.87. The molecule has 0 saturated heterocycles. The molecule has 31 heavy (non-hydrogen) atoms. The van der Waals surface area contributed by atoms with Gasteiger partial charge in [-0.15, -0.1) is 0 Å². The van der Waals surface area contributed by atoms with Crippen LogP contribution in [-0.4, -0.2) is 52.4 Å². The number of carbonyl (C=O) groups is 1. The van der Waals surface area contributed by atoms with Crippen LogP contribution in [0.4, 0.5) is 0 Å². The Hall–Kier alpha value is -3.13. The summed E-state index contributed by atoms with van der Waals surface area (Å²) < 4.78 is 13.5. The summed E-state index contributed by atoms with van der Waals surface area (Å²) in [5.74, 6) is 2.33. The van der Waals surface area contributed by atoms with Gasteiger partial charge in [0.05, 0.1) is 13.2 Å². The van der Waals surface area contributed by atoms with E-state index in [1.54, 1.807) is 11.9 Å². The maximum atomic E-state index is 12.6. The molecule has 2 aromatic carbocycles. The summed E-state index contributed by atoms with van der Waals surface area (Å²) in [4.78, 5) is 14.3. The van der Waals surface area contributed by atoms with Crippen LogP contribution in [0, 0.1) is 11.7 Å². The van der Waals surface area contributed by atoms with Crippen molar-refractivity contribution < 1.29 is 14.3 Å². The minimum atomic E-state index is 0.0215. The van der Waals surface area contributed by atoms with Crippen LogP contribution >= 0.6 is 12.2 Å². The number of nitrogens with zero attached hydrogens (tertiary/aromatic N) is 3. The van der Waals surface area contributed by atoms with E-state index in [-0.39, 0.29) is 5.91 Å². The van der Waals surface area contributed by atoms with Gasteiger partial charge in [-0.25, -0.2) is 0 Å². The van der Waals surface area contributed by atoms with E-state index in [0.29, 0.717) is 43.3 Å². The smallest absolute Gasteiger partial charge is 0.224 e. The highest BCUT2D eigenvalue weighted by Crippen LogP contribution is 2.21. The number of benzene rings is 2. The van der Waals surface area contributed by atoms with Crippen LogP contribution < -0.4 is 9.47 Å². The van der Waals surface area contributed by atoms with Crippen LogP contribution in [0.15, 0.2) is 48.5 Å². The Morgan fingerprint density at radius 3 is 2.42 bits per heavy atom. The predicted octanol–water partition coefficient (Wildman–Crippen LogP) is 4.24. The van der Waals surface area contributed by atoms with Crippen molar-refractivity contribution in [1.82, 2.24) is 19.7 Å². The lowest BCUT2D eigenvalue weighted by Crippen LogP contribution is -2.31. The van der Waals surface area contributed by atoms with Crippen molar-refractivity contribution in [2.24, 2.45) is 0 Å². The lowest BCUT2D eigenvalue weighted by atomic mass is 10.2. The van der Waals surface area contributed by atoms with Crippen molar-refractivity contribution in [2.45, 2.75) is 26.8 Å². The van der Waals surface area contributed by atoms with Crippen molar-refractivity contribution in [3.8, 4) is 22.9 Å². The Morgan fingerprint density at radius 2 is 1.74 bits per heavy atom. The molecule has 0 aliphatic heterocycles. The van der Waals surface area contributed by atoms with Crippen molar-refractivity contribution in [2.75, 3.05) is 26.8 Å². The molecule has 0 bridgehead atoms. The lowest BCUT2D eigenvalue weighted by molar-refractivity contribution is -0.130. The number of aryl methyl sites for hydroxylation is 1. The molecule has 1 heterocycles. The summed E-state index contributed by atoms with van der Waals surface area (Å²) in [6, 6.07) is 15.5. The van der Waals surface area contributed by atoms with Crippen molar-refractivity contribution in [1.29, 1.82) is 0 Å². The molecule has 0 aliphatic rings. The number of likely N-dealkylation sites (N-methyl/N-ethyl adjacent to an activating group) is 1. The van der Waals surface area contributed by atoms with Crippen LogP contribution in [0.3, 0.4) is 0 Å². The molecule has 0 unspecified atom stereocenters. The van der Waals surface area contributed by atoms with Gasteiger partial charge in [-0.3, -0.25) is 14.5 Å². The molecule has 164 valence electrons. The molecule has 0 spiro atoms. The first-order valence-electron chi connectivity index (χ1n) is 10.3. The molecule has 1 amide bonds. The second kappa shape index (κ2) is 10.8. The fraction of sp³-hybridized carbons (Fsp3) is 0.348. The van der Waals surface area contributed by atoms with Crippen LogP contribution in [0.2, 0.25) is 0 Å². The van der Waals surface area contributed by atoms with E-state index in [0.717, 1.165) is 17.1 Å². The van der Waals surface area contributed by atoms with E-state index in [1.807, 2.05) is 66.9 Å². The van der Waals surface area contributed by atoms with Crippen molar-refractivity contribution in [3.63, 3.8) is 0 Å². The van der Waals surface area contributed by atoms with E-state index in [2.05, 4.69) is 10.2 Å². The molecular formula is C23H28N4O3S. The van der Waals surface area contributed by atoms with E-state index in [1.165, 1.54) is 5.56 Å². The maximum absolute atomic E-state index is 12.6. The Kier molecular flexibility index (Phi) is 7.83. The van der Waals surface area contributed by atoms with Gasteiger partial charge >= 0.3 is 0 Å². The monoisotopic (exact) mass is 440 g/mol. The Labute approximate surface area is 187 Å². The average molecular weight is 441 g/mol. The van der Waals surface area contributed by atoms with Gasteiger partial charge in [0, 0.05) is 25.6 Å². The molecule has 1 aromatic heterocycles. The van der Waals surface area contributed by atoms with E-state index in [4.69, 9.17) is 21.7 Å². The third kappa shape index (κ3) is 6.18. The summed E-state index contributed by atoms with van der Waals surface area (Å²) in [5.41, 5.74) is 2.09. The van der Waals surface area contributed by atoms with Crippen LogP contribution in [-0.2, 0) is 11.3 Å². The molecule has 0 aliphatic carbocycles. The number of ether oxygens (including phenoxy) is 2. The molecule has 7 nitrogen and oxygen atoms in total. The highest BCUT2D eigenvalue weighted by atomic mass is 32.1. The Morgan fingerprint density at radius 1 is 1.10 bits per heavy atom. The molecule has 1 N–H and O–H groups in total. The zero-order valence-corrected chi connectivity index (χ0v) is 18.9. The van der Waals surface area contributed by atoms with Crippen molar-refractivity contribution in [3.05, 3.63) is 58.9 Å².